The lowest BCUT2D eigenvalue weighted by molar-refractivity contribution is -0.384. The number of fused-ring (bicyclic) bond motifs is 1. The Morgan fingerprint density at radius 2 is 1.81 bits per heavy atom. The van der Waals surface area contributed by atoms with Gasteiger partial charge in [0.2, 0.25) is 5.91 Å². The summed E-state index contributed by atoms with van der Waals surface area (Å²) in [4.78, 5) is 22.1. The van der Waals surface area contributed by atoms with Gasteiger partial charge in [0.05, 0.1) is 4.92 Å². The van der Waals surface area contributed by atoms with Crippen molar-refractivity contribution in [3.63, 3.8) is 0 Å². The van der Waals surface area contributed by atoms with Gasteiger partial charge >= 0.3 is 0 Å². The number of rotatable bonds is 8. The summed E-state index contributed by atoms with van der Waals surface area (Å²) in [7, 11) is 0. The van der Waals surface area contributed by atoms with Gasteiger partial charge in [-0.05, 0) is 36.2 Å². The van der Waals surface area contributed by atoms with Gasteiger partial charge in [0.15, 0.2) is 11.5 Å². The third kappa shape index (κ3) is 5.34. The van der Waals surface area contributed by atoms with Crippen LogP contribution in [0.2, 0.25) is 0 Å². The van der Waals surface area contributed by atoms with Crippen molar-refractivity contribution in [1.82, 2.24) is 5.32 Å². The molecular weight excluding hydrogens is 350 g/mol. The number of amides is 1. The van der Waals surface area contributed by atoms with Crippen LogP contribution in [0.1, 0.15) is 18.4 Å². The lowest BCUT2D eigenvalue weighted by atomic mass is 10.2. The topological polar surface area (TPSA) is 103 Å². The number of benzene rings is 2. The lowest BCUT2D eigenvalue weighted by Gasteiger charge is -2.19. The molecule has 0 fully saturated rings. The van der Waals surface area contributed by atoms with E-state index in [2.05, 4.69) is 10.6 Å². The average Bonchev–Trinajstić information content (AvgIpc) is 2.70. The summed E-state index contributed by atoms with van der Waals surface area (Å²) in [6.45, 7) is 2.13. The number of non-ortho nitro benzene ring substituents is 1. The van der Waals surface area contributed by atoms with Gasteiger partial charge in [-0.3, -0.25) is 14.9 Å². The first-order valence-corrected chi connectivity index (χ1v) is 8.75. The highest BCUT2D eigenvalue weighted by Crippen LogP contribution is 2.30. The van der Waals surface area contributed by atoms with Crippen LogP contribution in [-0.2, 0) is 11.3 Å². The molecule has 3 rings (SSSR count). The van der Waals surface area contributed by atoms with Crippen LogP contribution < -0.4 is 20.1 Å². The van der Waals surface area contributed by atoms with Crippen molar-refractivity contribution in [3.8, 4) is 11.5 Å². The molecule has 1 amide bonds. The van der Waals surface area contributed by atoms with Crippen LogP contribution in [0.15, 0.2) is 42.5 Å². The van der Waals surface area contributed by atoms with E-state index >= 15 is 0 Å². The zero-order valence-corrected chi connectivity index (χ0v) is 14.8. The monoisotopic (exact) mass is 371 g/mol. The highest BCUT2D eigenvalue weighted by Gasteiger charge is 2.12. The summed E-state index contributed by atoms with van der Waals surface area (Å²) in [6.07, 6.45) is 1.05. The van der Waals surface area contributed by atoms with Crippen molar-refractivity contribution in [2.75, 3.05) is 25.1 Å². The maximum Gasteiger partial charge on any atom is 0.269 e. The molecule has 0 bridgehead atoms. The minimum Gasteiger partial charge on any atom is -0.486 e. The second-order valence-corrected chi connectivity index (χ2v) is 6.09. The molecule has 8 nitrogen and oxygen atoms in total. The Labute approximate surface area is 156 Å². The standard InChI is InChI=1S/C19H21N3O5/c23-19(2-1-9-20-15-4-6-16(7-5-15)22(24)25)21-13-14-3-8-17-18(12-14)27-11-10-26-17/h3-8,12,20H,1-2,9-11,13H2,(H,21,23). The molecule has 0 aromatic heterocycles. The van der Waals surface area contributed by atoms with E-state index in [4.69, 9.17) is 9.47 Å². The fourth-order valence-electron chi connectivity index (χ4n) is 2.67. The van der Waals surface area contributed by atoms with Crippen molar-refractivity contribution >= 4 is 17.3 Å². The summed E-state index contributed by atoms with van der Waals surface area (Å²) in [5.74, 6) is 1.41. The molecule has 1 aliphatic heterocycles. The van der Waals surface area contributed by atoms with E-state index in [-0.39, 0.29) is 11.6 Å². The summed E-state index contributed by atoms with van der Waals surface area (Å²) in [6, 6.07) is 11.8. The highest BCUT2D eigenvalue weighted by molar-refractivity contribution is 5.75. The summed E-state index contributed by atoms with van der Waals surface area (Å²) in [5.41, 5.74) is 1.80. The second kappa shape index (κ2) is 8.88. The summed E-state index contributed by atoms with van der Waals surface area (Å²) in [5, 5.41) is 16.6. The molecule has 0 saturated heterocycles. The fourth-order valence-corrected chi connectivity index (χ4v) is 2.67. The molecule has 2 aromatic carbocycles. The highest BCUT2D eigenvalue weighted by atomic mass is 16.6. The Morgan fingerprint density at radius 1 is 1.07 bits per heavy atom. The number of carbonyl (C=O) groups is 1. The van der Waals surface area contributed by atoms with E-state index in [1.54, 1.807) is 12.1 Å². The van der Waals surface area contributed by atoms with Crippen molar-refractivity contribution in [1.29, 1.82) is 0 Å². The number of anilines is 1. The molecule has 1 heterocycles. The molecule has 8 heteroatoms. The van der Waals surface area contributed by atoms with Gasteiger partial charge in [-0.2, -0.15) is 0 Å². The Kier molecular flexibility index (Phi) is 6.09. The molecule has 0 saturated carbocycles. The fraction of sp³-hybridized carbons (Fsp3) is 0.316. The van der Waals surface area contributed by atoms with Crippen LogP contribution in [-0.4, -0.2) is 30.6 Å². The lowest BCUT2D eigenvalue weighted by Crippen LogP contribution is -2.23. The molecule has 2 aromatic rings. The van der Waals surface area contributed by atoms with Crippen LogP contribution in [0.3, 0.4) is 0 Å². The van der Waals surface area contributed by atoms with Crippen LogP contribution in [0, 0.1) is 10.1 Å². The predicted molar refractivity (Wildman–Crippen MR) is 100 cm³/mol. The van der Waals surface area contributed by atoms with Gasteiger partial charge in [0.25, 0.3) is 5.69 Å². The Hall–Kier alpha value is -3.29. The van der Waals surface area contributed by atoms with Crippen LogP contribution in [0.25, 0.3) is 0 Å². The van der Waals surface area contributed by atoms with E-state index in [9.17, 15) is 14.9 Å². The van der Waals surface area contributed by atoms with Crippen LogP contribution >= 0.6 is 0 Å². The van der Waals surface area contributed by atoms with Gasteiger partial charge < -0.3 is 20.1 Å². The molecule has 142 valence electrons. The Balaban J connectivity index is 1.35. The van der Waals surface area contributed by atoms with Crippen LogP contribution in [0.4, 0.5) is 11.4 Å². The molecule has 0 radical (unpaired) electrons. The average molecular weight is 371 g/mol. The normalized spacial score (nSPS) is 12.3. The van der Waals surface area contributed by atoms with Crippen molar-refractivity contribution < 1.29 is 19.2 Å². The minimum atomic E-state index is -0.435. The third-order valence-electron chi connectivity index (χ3n) is 4.08. The number of nitrogens with one attached hydrogen (secondary N) is 2. The second-order valence-electron chi connectivity index (χ2n) is 6.09. The maximum atomic E-state index is 12.0. The van der Waals surface area contributed by atoms with Gasteiger partial charge in [0.1, 0.15) is 13.2 Å². The number of hydrogen-bond acceptors (Lipinski definition) is 6. The van der Waals surface area contributed by atoms with E-state index in [1.165, 1.54) is 12.1 Å². The maximum absolute atomic E-state index is 12.0. The van der Waals surface area contributed by atoms with Gasteiger partial charge in [0, 0.05) is 37.3 Å². The smallest absolute Gasteiger partial charge is 0.269 e. The zero-order valence-electron chi connectivity index (χ0n) is 14.8. The minimum absolute atomic E-state index is 0.0320. The van der Waals surface area contributed by atoms with Crippen molar-refractivity contribution in [2.45, 2.75) is 19.4 Å². The largest absolute Gasteiger partial charge is 0.486 e. The van der Waals surface area contributed by atoms with E-state index in [0.717, 1.165) is 17.0 Å². The Morgan fingerprint density at radius 3 is 2.56 bits per heavy atom. The number of nitrogens with zero attached hydrogens (tertiary/aromatic N) is 1. The van der Waals surface area contributed by atoms with E-state index in [0.29, 0.717) is 44.9 Å². The van der Waals surface area contributed by atoms with Gasteiger partial charge in [-0.25, -0.2) is 0 Å². The van der Waals surface area contributed by atoms with Crippen molar-refractivity contribution in [3.05, 3.63) is 58.1 Å². The molecule has 0 atom stereocenters. The van der Waals surface area contributed by atoms with Crippen molar-refractivity contribution in [2.24, 2.45) is 0 Å². The zero-order chi connectivity index (χ0) is 19.1. The number of nitro benzene ring substituents is 1. The summed E-state index contributed by atoms with van der Waals surface area (Å²) >= 11 is 0. The quantitative estimate of drug-likeness (QED) is 0.420. The number of ether oxygens (including phenoxy) is 2. The summed E-state index contributed by atoms with van der Waals surface area (Å²) < 4.78 is 11.0. The molecule has 1 aliphatic rings. The van der Waals surface area contributed by atoms with E-state index in [1.807, 2.05) is 18.2 Å². The Bertz CT molecular complexity index is 807. The molecular formula is C19H21N3O5. The predicted octanol–water partition coefficient (Wildman–Crippen LogP) is 2.87. The SMILES string of the molecule is O=C(CCCNc1ccc([N+](=O)[O-])cc1)NCc1ccc2c(c1)OCCO2. The third-order valence-corrected chi connectivity index (χ3v) is 4.08. The molecule has 0 unspecified atom stereocenters. The first kappa shape index (κ1) is 18.5. The first-order valence-electron chi connectivity index (χ1n) is 8.75. The van der Waals surface area contributed by atoms with E-state index < -0.39 is 4.92 Å². The molecule has 0 aliphatic carbocycles. The molecule has 2 N–H and O–H groups in total. The number of carbonyl (C=O) groups excluding carboxylic acids is 1. The number of hydrogen-bond donors (Lipinski definition) is 2. The van der Waals surface area contributed by atoms with Gasteiger partial charge in [-0.15, -0.1) is 0 Å². The molecule has 27 heavy (non-hydrogen) atoms. The first-order chi connectivity index (χ1) is 13.1. The van der Waals surface area contributed by atoms with Gasteiger partial charge in [-0.1, -0.05) is 6.07 Å². The van der Waals surface area contributed by atoms with Crippen LogP contribution in [0.5, 0.6) is 11.5 Å². The molecule has 0 spiro atoms. The number of nitro groups is 1.